The molecule has 0 bridgehead atoms. The second-order valence-electron chi connectivity index (χ2n) is 13.0. The van der Waals surface area contributed by atoms with Gasteiger partial charge in [0.25, 0.3) is 5.91 Å². The van der Waals surface area contributed by atoms with Crippen LogP contribution in [0.15, 0.2) is 48.5 Å². The van der Waals surface area contributed by atoms with Gasteiger partial charge in [0.15, 0.2) is 11.8 Å². The van der Waals surface area contributed by atoms with Crippen LogP contribution >= 0.6 is 0 Å². The van der Waals surface area contributed by atoms with E-state index in [4.69, 9.17) is 24.7 Å². The summed E-state index contributed by atoms with van der Waals surface area (Å²) in [4.78, 5) is 68.0. The number of anilines is 1. The average molecular weight is 671 g/mol. The Morgan fingerprint density at radius 1 is 0.896 bits per heavy atom. The number of para-hydroxylation sites is 1. The van der Waals surface area contributed by atoms with Crippen molar-refractivity contribution in [3.8, 4) is 5.75 Å². The summed E-state index contributed by atoms with van der Waals surface area (Å²) in [6.07, 6.45) is -7.02. The number of aliphatic hydroxyl groups excluding tert-OH is 1. The minimum Gasteiger partial charge on any atom is -0.505 e. The van der Waals surface area contributed by atoms with Gasteiger partial charge in [0.05, 0.1) is 16.7 Å². The molecule has 0 saturated carbocycles. The molecule has 48 heavy (non-hydrogen) atoms. The Morgan fingerprint density at radius 3 is 2.12 bits per heavy atom. The minimum atomic E-state index is -1.71. The van der Waals surface area contributed by atoms with Gasteiger partial charge in [0, 0.05) is 18.3 Å². The van der Waals surface area contributed by atoms with Crippen molar-refractivity contribution in [3.05, 3.63) is 59.7 Å². The molecule has 0 unspecified atom stereocenters. The second kappa shape index (κ2) is 16.0. The molecule has 1 saturated heterocycles. The molecule has 7 atom stereocenters. The first-order valence-electron chi connectivity index (χ1n) is 15.9. The predicted octanol–water partition coefficient (Wildman–Crippen LogP) is 3.09. The molecule has 262 valence electrons. The highest BCUT2D eigenvalue weighted by Crippen LogP contribution is 2.31. The van der Waals surface area contributed by atoms with E-state index < -0.39 is 89.3 Å². The Hall–Kier alpha value is -4.65. The molecule has 2 aromatic rings. The fourth-order valence-electron chi connectivity index (χ4n) is 5.05. The van der Waals surface area contributed by atoms with E-state index in [1.165, 1.54) is 39.0 Å². The molecule has 13 nitrogen and oxygen atoms in total. The van der Waals surface area contributed by atoms with Crippen molar-refractivity contribution in [1.82, 2.24) is 5.32 Å². The van der Waals surface area contributed by atoms with Crippen LogP contribution < -0.4 is 11.1 Å². The number of cyclic esters (lactones) is 4. The highest BCUT2D eigenvalue weighted by atomic mass is 16.6. The van der Waals surface area contributed by atoms with Crippen molar-refractivity contribution >= 4 is 35.5 Å². The number of amides is 1. The summed E-state index contributed by atoms with van der Waals surface area (Å²) < 4.78 is 22.7. The van der Waals surface area contributed by atoms with Gasteiger partial charge in [-0.1, -0.05) is 64.1 Å². The molecule has 1 heterocycles. The zero-order chi connectivity index (χ0) is 35.9. The van der Waals surface area contributed by atoms with Crippen LogP contribution in [0.2, 0.25) is 0 Å². The number of ether oxygens (including phenoxy) is 4. The smallest absolute Gasteiger partial charge is 0.348 e. The number of carbonyl (C=O) groups excluding carboxylic acids is 5. The van der Waals surface area contributed by atoms with E-state index in [2.05, 4.69) is 5.32 Å². The van der Waals surface area contributed by atoms with Crippen LogP contribution in [-0.2, 0) is 44.5 Å². The third-order valence-electron chi connectivity index (χ3n) is 8.50. The highest BCUT2D eigenvalue weighted by Gasteiger charge is 2.47. The maximum atomic E-state index is 13.8. The molecule has 1 aliphatic rings. The first-order valence-corrected chi connectivity index (χ1v) is 15.9. The van der Waals surface area contributed by atoms with Crippen LogP contribution in [0.1, 0.15) is 70.8 Å². The van der Waals surface area contributed by atoms with Crippen molar-refractivity contribution < 1.29 is 53.1 Å². The maximum Gasteiger partial charge on any atom is 0.348 e. The van der Waals surface area contributed by atoms with Gasteiger partial charge in [0.2, 0.25) is 12.2 Å². The van der Waals surface area contributed by atoms with E-state index in [-0.39, 0.29) is 17.7 Å². The number of hydrogen-bond acceptors (Lipinski definition) is 12. The fraction of sp³-hybridized carbons (Fsp3) is 0.514. The van der Waals surface area contributed by atoms with Crippen molar-refractivity contribution in [2.75, 3.05) is 5.73 Å². The van der Waals surface area contributed by atoms with Crippen molar-refractivity contribution in [1.29, 1.82) is 0 Å². The van der Waals surface area contributed by atoms with E-state index in [0.29, 0.717) is 12.0 Å². The zero-order valence-electron chi connectivity index (χ0n) is 28.3. The van der Waals surface area contributed by atoms with Gasteiger partial charge >= 0.3 is 23.9 Å². The summed E-state index contributed by atoms with van der Waals surface area (Å²) in [7, 11) is 0. The zero-order valence-corrected chi connectivity index (χ0v) is 28.3. The Labute approximate surface area is 280 Å². The number of hydrogen-bond donors (Lipinski definition) is 4. The summed E-state index contributed by atoms with van der Waals surface area (Å²) in [5, 5.41) is 24.4. The van der Waals surface area contributed by atoms with Crippen molar-refractivity contribution in [2.24, 2.45) is 17.3 Å². The number of aromatic hydroxyl groups is 1. The molecule has 5 N–H and O–H groups in total. The van der Waals surface area contributed by atoms with E-state index in [9.17, 15) is 34.2 Å². The summed E-state index contributed by atoms with van der Waals surface area (Å²) in [5.41, 5.74) is 4.35. The van der Waals surface area contributed by atoms with Gasteiger partial charge in [-0.2, -0.15) is 0 Å². The molecule has 1 fully saturated rings. The molecule has 0 radical (unpaired) electrons. The number of nitrogens with one attached hydrogen (secondary N) is 1. The van der Waals surface area contributed by atoms with Gasteiger partial charge in [-0.3, -0.25) is 9.59 Å². The Kier molecular flexibility index (Phi) is 12.6. The lowest BCUT2D eigenvalue weighted by Gasteiger charge is -2.35. The molecule has 13 heteroatoms. The van der Waals surface area contributed by atoms with E-state index in [0.717, 1.165) is 0 Å². The number of aliphatic hydroxyl groups is 1. The topological polar surface area (TPSA) is 201 Å². The average Bonchev–Trinajstić information content (AvgIpc) is 3.04. The fourth-order valence-corrected chi connectivity index (χ4v) is 5.05. The third kappa shape index (κ3) is 8.82. The quantitative estimate of drug-likeness (QED) is 0.145. The number of benzene rings is 2. The first-order chi connectivity index (χ1) is 22.5. The normalized spacial score (nSPS) is 26.2. The Bertz CT molecular complexity index is 1480. The molecule has 1 amide bonds. The summed E-state index contributed by atoms with van der Waals surface area (Å²) in [5.74, 6) is -6.86. The maximum absolute atomic E-state index is 13.8. The number of esters is 4. The second-order valence-corrected chi connectivity index (χ2v) is 13.0. The number of nitrogens with two attached hydrogens (primary N) is 1. The number of nitrogen functional groups attached to an aromatic ring is 1. The van der Waals surface area contributed by atoms with Gasteiger partial charge < -0.3 is 40.2 Å². The molecule has 0 aliphatic carbocycles. The first kappa shape index (κ1) is 37.8. The highest BCUT2D eigenvalue weighted by molar-refractivity contribution is 6.00. The van der Waals surface area contributed by atoms with Crippen LogP contribution in [0.5, 0.6) is 5.75 Å². The molecule has 2 aromatic carbocycles. The van der Waals surface area contributed by atoms with Gasteiger partial charge in [-0.15, -0.1) is 0 Å². The predicted molar refractivity (Wildman–Crippen MR) is 173 cm³/mol. The lowest BCUT2D eigenvalue weighted by atomic mass is 9.81. The molecular formula is C35H46N2O11. The van der Waals surface area contributed by atoms with Crippen LogP contribution in [0.3, 0.4) is 0 Å². The number of rotatable bonds is 7. The SMILES string of the molecule is CC[C@H](C)[C@@H]1OC(=O)C(C)(C)[C@@H](O)[C@@H](Cc2ccccc2)OC(=O)[C@H](C(C)C)OC(=O)[C@@H](NC(=O)c2cccc(N)c2O)[C@H](C)OC1=O. The Morgan fingerprint density at radius 2 is 1.52 bits per heavy atom. The summed E-state index contributed by atoms with van der Waals surface area (Å²) in [6.45, 7) is 10.7. The minimum absolute atomic E-state index is 0.0144. The standard InChI is InChI=1S/C35H46N2O11/c1-8-19(4)28-33(43)45-20(5)25(37-30(40)22-15-12-16-23(36)26(22)38)31(41)47-27(18(2)3)32(42)46-24(17-21-13-10-9-11-14-21)29(39)35(6,7)34(44)48-28/h9-16,18-20,24-25,27-29,38-39H,8,17,36H2,1-7H3,(H,37,40)/t19-,20-,24+,25-,27-,28-,29-/m0/s1. The van der Waals surface area contributed by atoms with Crippen molar-refractivity contribution in [2.45, 2.75) is 97.9 Å². The number of phenolic OH excluding ortho intramolecular Hbond substituents is 1. The molecule has 0 spiro atoms. The van der Waals surface area contributed by atoms with Crippen LogP contribution in [0.25, 0.3) is 0 Å². The van der Waals surface area contributed by atoms with Gasteiger partial charge in [0.1, 0.15) is 18.3 Å². The number of phenols is 1. The van der Waals surface area contributed by atoms with Crippen LogP contribution in [0.4, 0.5) is 5.69 Å². The van der Waals surface area contributed by atoms with E-state index in [1.54, 1.807) is 58.0 Å². The van der Waals surface area contributed by atoms with Crippen LogP contribution in [-0.4, -0.2) is 76.6 Å². The molecule has 0 aromatic heterocycles. The molecule has 3 rings (SSSR count). The van der Waals surface area contributed by atoms with Crippen molar-refractivity contribution in [3.63, 3.8) is 0 Å². The Balaban J connectivity index is 2.12. The van der Waals surface area contributed by atoms with Gasteiger partial charge in [-0.05, 0) is 44.9 Å². The van der Waals surface area contributed by atoms with E-state index in [1.807, 2.05) is 0 Å². The summed E-state index contributed by atoms with van der Waals surface area (Å²) >= 11 is 0. The molecular weight excluding hydrogens is 624 g/mol. The largest absolute Gasteiger partial charge is 0.505 e. The third-order valence-corrected chi connectivity index (χ3v) is 8.50. The van der Waals surface area contributed by atoms with Gasteiger partial charge in [-0.25, -0.2) is 14.4 Å². The summed E-state index contributed by atoms with van der Waals surface area (Å²) in [6, 6.07) is 11.2. The molecule has 1 aliphatic heterocycles. The van der Waals surface area contributed by atoms with Crippen LogP contribution in [0, 0.1) is 17.3 Å². The number of carbonyl (C=O) groups is 5. The monoisotopic (exact) mass is 670 g/mol. The lowest BCUT2D eigenvalue weighted by molar-refractivity contribution is -0.190. The lowest BCUT2D eigenvalue weighted by Crippen LogP contribution is -2.52. The van der Waals surface area contributed by atoms with E-state index >= 15 is 0 Å².